The minimum atomic E-state index is -4.32. The first-order valence-electron chi connectivity index (χ1n) is 16.7. The van der Waals surface area contributed by atoms with Crippen molar-refractivity contribution < 1.29 is 38.3 Å². The monoisotopic (exact) mass is 709 g/mol. The Bertz CT molecular complexity index is 1650. The standard InChI is InChI=1S/C34H44N7O8P/c1-35-28(16-22-10-13-26(14-11-22)49-21-50(46,47)48)32(43)39-27-9-5-8-25-12-15-30(41(25)34(27)45)33(44)40-29(17-24-19-36-20-38-24)31(42)37-18-23-6-3-2-4-7-23/h2-4,6-7,10-11,13-14,19-20,25,27-30,35H,5,8-9,12,15-18,21H2,1H3,(H,36,38)(H,37,42)(H,39,43)(H,40,44)(H2,46,47,48)/t25?,27-,28-,29-,30-/m0/s1. The van der Waals surface area contributed by atoms with Crippen LogP contribution in [0.25, 0.3) is 0 Å². The first-order chi connectivity index (χ1) is 24.0. The van der Waals surface area contributed by atoms with E-state index >= 15 is 0 Å². The summed E-state index contributed by atoms with van der Waals surface area (Å²) in [4.78, 5) is 81.3. The molecule has 3 heterocycles. The Kier molecular flexibility index (Phi) is 12.4. The third-order valence-electron chi connectivity index (χ3n) is 9.05. The number of hydrogen-bond acceptors (Lipinski definition) is 8. The average molecular weight is 710 g/mol. The number of amides is 4. The molecule has 0 bridgehead atoms. The van der Waals surface area contributed by atoms with Crippen LogP contribution in [0.15, 0.2) is 67.1 Å². The SMILES string of the molecule is CN[C@@H](Cc1ccc(OCP(=O)(O)O)cc1)C(=O)N[C@H]1CCCC2CC[C@@H](C(=O)N[C@@H](Cc3cnc[nH]3)C(=O)NCc3ccccc3)N2C1=O. The number of carbonyl (C=O) groups excluding carboxylic acids is 4. The van der Waals surface area contributed by atoms with Crippen molar-refractivity contribution >= 4 is 31.2 Å². The fourth-order valence-corrected chi connectivity index (χ4v) is 6.79. The second kappa shape index (κ2) is 16.9. The third kappa shape index (κ3) is 10.0. The number of carbonyl (C=O) groups is 4. The minimum Gasteiger partial charge on any atom is -0.481 e. The third-order valence-corrected chi connectivity index (χ3v) is 9.52. The van der Waals surface area contributed by atoms with Crippen molar-refractivity contribution in [2.75, 3.05) is 13.4 Å². The van der Waals surface area contributed by atoms with Gasteiger partial charge in [0.1, 0.15) is 23.9 Å². The van der Waals surface area contributed by atoms with Crippen LogP contribution in [0.5, 0.6) is 5.75 Å². The summed E-state index contributed by atoms with van der Waals surface area (Å²) in [5.74, 6) is -1.20. The van der Waals surface area contributed by atoms with Crippen LogP contribution in [0.3, 0.4) is 0 Å². The van der Waals surface area contributed by atoms with Gasteiger partial charge >= 0.3 is 7.60 Å². The van der Waals surface area contributed by atoms with Gasteiger partial charge in [0.2, 0.25) is 23.6 Å². The van der Waals surface area contributed by atoms with Crippen LogP contribution in [0, 0.1) is 0 Å². The van der Waals surface area contributed by atoms with Crippen molar-refractivity contribution in [1.29, 1.82) is 0 Å². The number of fused-ring (bicyclic) bond motifs is 1. The van der Waals surface area contributed by atoms with Gasteiger partial charge in [-0.1, -0.05) is 42.5 Å². The van der Waals surface area contributed by atoms with Gasteiger partial charge in [-0.15, -0.1) is 0 Å². The van der Waals surface area contributed by atoms with Crippen LogP contribution in [-0.2, 0) is 43.1 Å². The molecule has 0 saturated carbocycles. The molecule has 268 valence electrons. The van der Waals surface area contributed by atoms with Crippen LogP contribution in [-0.4, -0.2) is 91.9 Å². The van der Waals surface area contributed by atoms with Gasteiger partial charge in [0, 0.05) is 30.9 Å². The van der Waals surface area contributed by atoms with Gasteiger partial charge in [-0.25, -0.2) is 4.98 Å². The van der Waals surface area contributed by atoms with Gasteiger partial charge in [-0.3, -0.25) is 23.7 Å². The molecule has 7 N–H and O–H groups in total. The number of hydrogen-bond donors (Lipinski definition) is 7. The van der Waals surface area contributed by atoms with Crippen molar-refractivity contribution in [3.63, 3.8) is 0 Å². The Labute approximate surface area is 290 Å². The fourth-order valence-electron chi connectivity index (χ4n) is 6.47. The molecule has 0 radical (unpaired) electrons. The number of aromatic nitrogens is 2. The number of H-pyrrole nitrogens is 1. The van der Waals surface area contributed by atoms with E-state index in [1.54, 1.807) is 42.4 Å². The second-order valence-corrected chi connectivity index (χ2v) is 14.2. The Balaban J connectivity index is 1.22. The number of likely N-dealkylation sites (N-methyl/N-ethyl adjacent to an activating group) is 1. The predicted molar refractivity (Wildman–Crippen MR) is 182 cm³/mol. The first-order valence-corrected chi connectivity index (χ1v) is 18.5. The van der Waals surface area contributed by atoms with Crippen LogP contribution in [0.2, 0.25) is 0 Å². The molecule has 50 heavy (non-hydrogen) atoms. The number of nitrogens with zero attached hydrogens (tertiary/aromatic N) is 2. The van der Waals surface area contributed by atoms with Gasteiger partial charge < -0.3 is 45.7 Å². The summed E-state index contributed by atoms with van der Waals surface area (Å²) in [5, 5.41) is 11.7. The Morgan fingerprint density at radius 2 is 1.74 bits per heavy atom. The van der Waals surface area contributed by atoms with E-state index in [-0.39, 0.29) is 42.4 Å². The highest BCUT2D eigenvalue weighted by atomic mass is 31.2. The van der Waals surface area contributed by atoms with E-state index in [4.69, 9.17) is 14.5 Å². The summed E-state index contributed by atoms with van der Waals surface area (Å²) in [7, 11) is -2.68. The normalized spacial score (nSPS) is 20.3. The number of rotatable bonds is 15. The summed E-state index contributed by atoms with van der Waals surface area (Å²) in [5.41, 5.74) is 2.36. The van der Waals surface area contributed by atoms with E-state index in [0.717, 1.165) is 11.1 Å². The maximum atomic E-state index is 14.0. The second-order valence-electron chi connectivity index (χ2n) is 12.7. The molecule has 0 spiro atoms. The highest BCUT2D eigenvalue weighted by Gasteiger charge is 2.45. The zero-order chi connectivity index (χ0) is 35.7. The summed E-state index contributed by atoms with van der Waals surface area (Å²) < 4.78 is 16.2. The lowest BCUT2D eigenvalue weighted by molar-refractivity contribution is -0.143. The van der Waals surface area contributed by atoms with Crippen LogP contribution >= 0.6 is 7.60 Å². The molecule has 15 nitrogen and oxygen atoms in total. The summed E-state index contributed by atoms with van der Waals surface area (Å²) in [6.45, 7) is 0.291. The molecule has 5 rings (SSSR count). The topological polar surface area (TPSA) is 215 Å². The summed E-state index contributed by atoms with van der Waals surface area (Å²) >= 11 is 0. The zero-order valence-electron chi connectivity index (χ0n) is 27.8. The van der Waals surface area contributed by atoms with E-state index in [9.17, 15) is 23.7 Å². The number of imidazole rings is 1. The largest absolute Gasteiger partial charge is 0.481 e. The van der Waals surface area contributed by atoms with Gasteiger partial charge in [-0.05, 0) is 68.8 Å². The van der Waals surface area contributed by atoms with Gasteiger partial charge in [-0.2, -0.15) is 0 Å². The predicted octanol–water partition coefficient (Wildman–Crippen LogP) is 1.13. The lowest BCUT2D eigenvalue weighted by atomic mass is 10.0. The highest BCUT2D eigenvalue weighted by Crippen LogP contribution is 2.35. The molecule has 2 aliphatic heterocycles. The van der Waals surface area contributed by atoms with E-state index in [2.05, 4.69) is 31.2 Å². The van der Waals surface area contributed by atoms with E-state index in [1.807, 2.05) is 30.3 Å². The zero-order valence-corrected chi connectivity index (χ0v) is 28.7. The lowest BCUT2D eigenvalue weighted by Gasteiger charge is -2.32. The molecule has 16 heteroatoms. The van der Waals surface area contributed by atoms with Crippen molar-refractivity contribution in [1.82, 2.24) is 36.1 Å². The molecule has 2 saturated heterocycles. The smallest absolute Gasteiger partial charge is 0.362 e. The minimum absolute atomic E-state index is 0.149. The summed E-state index contributed by atoms with van der Waals surface area (Å²) in [6, 6.07) is 12.6. The van der Waals surface area contributed by atoms with Crippen molar-refractivity contribution in [2.24, 2.45) is 0 Å². The van der Waals surface area contributed by atoms with Crippen molar-refractivity contribution in [2.45, 2.75) is 81.7 Å². The maximum absolute atomic E-state index is 14.0. The molecule has 5 atom stereocenters. The molecular weight excluding hydrogens is 665 g/mol. The molecular formula is C34H44N7O8P. The van der Waals surface area contributed by atoms with E-state index < -0.39 is 44.0 Å². The molecule has 2 fully saturated rings. The fraction of sp³-hybridized carbons (Fsp3) is 0.441. The van der Waals surface area contributed by atoms with Gasteiger partial charge in [0.15, 0.2) is 6.35 Å². The van der Waals surface area contributed by atoms with E-state index in [0.29, 0.717) is 44.3 Å². The number of benzene rings is 2. The van der Waals surface area contributed by atoms with Crippen LogP contribution in [0.4, 0.5) is 0 Å². The van der Waals surface area contributed by atoms with Crippen molar-refractivity contribution in [3.05, 3.63) is 83.9 Å². The Morgan fingerprint density at radius 3 is 2.42 bits per heavy atom. The molecule has 3 aromatic rings. The lowest BCUT2D eigenvalue weighted by Crippen LogP contribution is -2.58. The molecule has 4 amide bonds. The molecule has 1 aromatic heterocycles. The number of ether oxygens (including phenoxy) is 1. The number of aromatic amines is 1. The Morgan fingerprint density at radius 1 is 0.980 bits per heavy atom. The van der Waals surface area contributed by atoms with Crippen molar-refractivity contribution in [3.8, 4) is 5.75 Å². The van der Waals surface area contributed by atoms with Crippen LogP contribution < -0.4 is 26.0 Å². The molecule has 0 aliphatic carbocycles. The molecule has 2 aliphatic rings. The maximum Gasteiger partial charge on any atom is 0.362 e. The quantitative estimate of drug-likeness (QED) is 0.112. The highest BCUT2D eigenvalue weighted by molar-refractivity contribution is 7.51. The van der Waals surface area contributed by atoms with Gasteiger partial charge in [0.25, 0.3) is 0 Å². The number of nitrogens with one attached hydrogen (secondary N) is 5. The van der Waals surface area contributed by atoms with Crippen LogP contribution in [0.1, 0.15) is 48.9 Å². The molecule has 1 unspecified atom stereocenters. The average Bonchev–Trinajstić information content (AvgIpc) is 3.75. The van der Waals surface area contributed by atoms with E-state index in [1.165, 1.54) is 6.33 Å². The summed E-state index contributed by atoms with van der Waals surface area (Å²) in [6.07, 6.45) is 5.73. The Hall–Kier alpha value is -4.56. The molecule has 2 aromatic carbocycles. The first kappa shape index (κ1) is 36.7. The van der Waals surface area contributed by atoms with Gasteiger partial charge in [0.05, 0.1) is 12.4 Å².